The molecule has 0 aromatic carbocycles. The molecule has 0 saturated heterocycles. The van der Waals surface area contributed by atoms with E-state index >= 15 is 0 Å². The lowest BCUT2D eigenvalue weighted by Crippen LogP contribution is -2.18. The Morgan fingerprint density at radius 3 is 2.04 bits per heavy atom. The molecule has 0 aliphatic carbocycles. The van der Waals surface area contributed by atoms with Crippen molar-refractivity contribution < 1.29 is 19.8 Å². The van der Waals surface area contributed by atoms with Gasteiger partial charge in [0.05, 0.1) is 12.3 Å². The van der Waals surface area contributed by atoms with Crippen LogP contribution in [-0.2, 0) is 9.59 Å². The van der Waals surface area contributed by atoms with Crippen LogP contribution in [0.5, 0.6) is 0 Å². The van der Waals surface area contributed by atoms with Gasteiger partial charge in [-0.3, -0.25) is 9.59 Å². The second-order valence-corrected chi connectivity index (χ2v) is 6.52. The monoisotopic (exact) mass is 360 g/mol. The first kappa shape index (κ1) is 23.6. The maximum absolute atomic E-state index is 11.2. The van der Waals surface area contributed by atoms with Crippen LogP contribution in [0.1, 0.15) is 58.3 Å². The smallest absolute Gasteiger partial charge is 0.311 e. The van der Waals surface area contributed by atoms with Crippen LogP contribution in [0.2, 0.25) is 0 Å². The van der Waals surface area contributed by atoms with Gasteiger partial charge >= 0.3 is 11.9 Å². The first-order valence-electron chi connectivity index (χ1n) is 9.08. The summed E-state index contributed by atoms with van der Waals surface area (Å²) in [6.45, 7) is 17.8. The van der Waals surface area contributed by atoms with Crippen molar-refractivity contribution in [1.29, 1.82) is 0 Å². The molecule has 0 fully saturated rings. The number of carbonyl (C=O) groups is 2. The third-order valence-electron chi connectivity index (χ3n) is 4.27. The first-order valence-corrected chi connectivity index (χ1v) is 9.08. The Hall–Kier alpha value is -2.36. The molecule has 1 atom stereocenters. The van der Waals surface area contributed by atoms with Crippen LogP contribution >= 0.6 is 0 Å². The normalized spacial score (nSPS) is 11.9. The van der Waals surface area contributed by atoms with Crippen molar-refractivity contribution in [3.8, 4) is 0 Å². The number of carboxylic acid groups (broad SMARTS) is 2. The van der Waals surface area contributed by atoms with Crippen LogP contribution in [0, 0.1) is 5.92 Å². The summed E-state index contributed by atoms with van der Waals surface area (Å²) in [5.74, 6) is -3.54. The average molecular weight is 360 g/mol. The Balaban J connectivity index is 4.50. The van der Waals surface area contributed by atoms with Crippen LogP contribution in [0.4, 0.5) is 0 Å². The zero-order chi connectivity index (χ0) is 20.1. The average Bonchev–Trinajstić information content (AvgIpc) is 2.58. The van der Waals surface area contributed by atoms with Crippen molar-refractivity contribution in [1.82, 2.24) is 0 Å². The summed E-state index contributed by atoms with van der Waals surface area (Å²) < 4.78 is 0. The van der Waals surface area contributed by atoms with E-state index in [4.69, 9.17) is 10.2 Å². The number of hydrogen-bond donors (Lipinski definition) is 2. The van der Waals surface area contributed by atoms with Crippen LogP contribution in [0.3, 0.4) is 0 Å². The molecule has 0 heterocycles. The molecule has 0 saturated carbocycles. The van der Waals surface area contributed by atoms with E-state index in [0.717, 1.165) is 24.0 Å². The molecule has 0 aromatic heterocycles. The second-order valence-electron chi connectivity index (χ2n) is 6.52. The van der Waals surface area contributed by atoms with Crippen molar-refractivity contribution in [2.45, 2.75) is 58.3 Å². The molecule has 0 aliphatic heterocycles. The maximum Gasteiger partial charge on any atom is 0.311 e. The minimum atomic E-state index is -1.21. The molecule has 4 heteroatoms. The van der Waals surface area contributed by atoms with Crippen molar-refractivity contribution in [3.63, 3.8) is 0 Å². The Labute approximate surface area is 157 Å². The van der Waals surface area contributed by atoms with E-state index in [1.54, 1.807) is 6.08 Å². The van der Waals surface area contributed by atoms with E-state index in [-0.39, 0.29) is 5.57 Å². The molecule has 0 bridgehead atoms. The van der Waals surface area contributed by atoms with E-state index in [1.807, 2.05) is 0 Å². The Morgan fingerprint density at radius 1 is 0.923 bits per heavy atom. The Kier molecular flexibility index (Phi) is 11.8. The highest BCUT2D eigenvalue weighted by atomic mass is 16.4. The van der Waals surface area contributed by atoms with Gasteiger partial charge in [0.25, 0.3) is 0 Å². The highest BCUT2D eigenvalue weighted by Crippen LogP contribution is 2.23. The lowest BCUT2D eigenvalue weighted by Gasteiger charge is -2.12. The summed E-state index contributed by atoms with van der Waals surface area (Å²) in [6.07, 6.45) is 10.7. The van der Waals surface area contributed by atoms with Gasteiger partial charge in [-0.2, -0.15) is 0 Å². The van der Waals surface area contributed by atoms with Crippen LogP contribution in [0.25, 0.3) is 0 Å². The molecule has 26 heavy (non-hydrogen) atoms. The van der Waals surface area contributed by atoms with Crippen LogP contribution < -0.4 is 0 Å². The number of rotatable bonds is 15. The minimum absolute atomic E-state index is 0.218. The fraction of sp³-hybridized carbons (Fsp3) is 0.455. The fourth-order valence-electron chi connectivity index (χ4n) is 2.47. The van der Waals surface area contributed by atoms with Gasteiger partial charge in [0.1, 0.15) is 0 Å². The van der Waals surface area contributed by atoms with Crippen molar-refractivity contribution in [2.24, 2.45) is 5.92 Å². The molecule has 0 amide bonds. The number of aliphatic carboxylic acids is 2. The van der Waals surface area contributed by atoms with Crippen LogP contribution in [-0.4, -0.2) is 22.2 Å². The quantitative estimate of drug-likeness (QED) is 0.290. The van der Waals surface area contributed by atoms with Gasteiger partial charge in [-0.05, 0) is 35.1 Å². The Morgan fingerprint density at radius 2 is 1.50 bits per heavy atom. The first-order chi connectivity index (χ1) is 12.2. The molecule has 2 N–H and O–H groups in total. The van der Waals surface area contributed by atoms with Gasteiger partial charge < -0.3 is 10.2 Å². The summed E-state index contributed by atoms with van der Waals surface area (Å²) in [5.41, 5.74) is 2.49. The van der Waals surface area contributed by atoms with E-state index in [9.17, 15) is 9.59 Å². The molecular weight excluding hydrogens is 328 g/mol. The third kappa shape index (κ3) is 9.82. The second kappa shape index (κ2) is 12.9. The highest BCUT2D eigenvalue weighted by molar-refractivity contribution is 5.81. The fourth-order valence-corrected chi connectivity index (χ4v) is 2.47. The van der Waals surface area contributed by atoms with Gasteiger partial charge in [-0.25, -0.2) is 0 Å². The predicted octanol–water partition coefficient (Wildman–Crippen LogP) is 5.69. The topological polar surface area (TPSA) is 74.6 Å². The number of hydrogen-bond acceptors (Lipinski definition) is 2. The Bertz CT molecular complexity index is 581. The summed E-state index contributed by atoms with van der Waals surface area (Å²) in [4.78, 5) is 21.9. The van der Waals surface area contributed by atoms with Crippen molar-refractivity contribution >= 4 is 11.9 Å². The SMILES string of the molecule is C=C(/C=C/C(=C)C(CC(=O)O)C(=O)O)C(=C)C(=C)CCCCCCCC. The van der Waals surface area contributed by atoms with Gasteiger partial charge in [-0.1, -0.05) is 77.5 Å². The zero-order valence-corrected chi connectivity index (χ0v) is 15.9. The molecule has 0 aromatic rings. The van der Waals surface area contributed by atoms with Gasteiger partial charge in [-0.15, -0.1) is 0 Å². The van der Waals surface area contributed by atoms with Crippen LogP contribution in [0.15, 0.2) is 60.8 Å². The summed E-state index contributed by atoms with van der Waals surface area (Å²) in [7, 11) is 0. The van der Waals surface area contributed by atoms with Gasteiger partial charge in [0, 0.05) is 0 Å². The lowest BCUT2D eigenvalue weighted by atomic mass is 9.93. The molecule has 0 spiro atoms. The van der Waals surface area contributed by atoms with E-state index in [2.05, 4.69) is 33.2 Å². The summed E-state index contributed by atoms with van der Waals surface area (Å²) in [6, 6.07) is 0. The molecule has 1 unspecified atom stereocenters. The van der Waals surface area contributed by atoms with E-state index in [0.29, 0.717) is 5.57 Å². The predicted molar refractivity (Wildman–Crippen MR) is 107 cm³/mol. The van der Waals surface area contributed by atoms with E-state index in [1.165, 1.54) is 38.2 Å². The number of carboxylic acids is 2. The van der Waals surface area contributed by atoms with Gasteiger partial charge in [0.2, 0.25) is 0 Å². The molecule has 0 radical (unpaired) electrons. The molecular formula is C22H32O4. The van der Waals surface area contributed by atoms with Crippen molar-refractivity contribution in [2.75, 3.05) is 0 Å². The van der Waals surface area contributed by atoms with Gasteiger partial charge in [0.15, 0.2) is 0 Å². The van der Waals surface area contributed by atoms with Crippen molar-refractivity contribution in [3.05, 3.63) is 60.8 Å². The molecule has 0 rings (SSSR count). The standard InChI is InChI=1S/C22H32O4/c1-6-7-8-9-10-11-12-16(2)19(5)17(3)13-14-18(4)20(22(25)26)15-21(23)24/h13-14,20H,2-12,15H2,1H3,(H,23,24)(H,25,26)/b14-13+. The number of allylic oxidation sites excluding steroid dienone is 5. The molecule has 144 valence electrons. The highest BCUT2D eigenvalue weighted by Gasteiger charge is 2.22. The molecule has 0 aliphatic rings. The number of unbranched alkanes of at least 4 members (excludes halogenated alkanes) is 5. The lowest BCUT2D eigenvalue weighted by molar-refractivity contribution is -0.146. The van der Waals surface area contributed by atoms with E-state index < -0.39 is 24.3 Å². The third-order valence-corrected chi connectivity index (χ3v) is 4.27. The largest absolute Gasteiger partial charge is 0.481 e. The summed E-state index contributed by atoms with van der Waals surface area (Å²) in [5, 5.41) is 17.9. The maximum atomic E-state index is 11.2. The minimum Gasteiger partial charge on any atom is -0.481 e. The summed E-state index contributed by atoms with van der Waals surface area (Å²) >= 11 is 0. The molecule has 4 nitrogen and oxygen atoms in total. The zero-order valence-electron chi connectivity index (χ0n) is 15.9.